The predicted octanol–water partition coefficient (Wildman–Crippen LogP) is 4.14. The largest absolute Gasteiger partial charge is 0.320 e. The van der Waals surface area contributed by atoms with E-state index in [1.54, 1.807) is 0 Å². The first kappa shape index (κ1) is 13.1. The molecule has 0 saturated heterocycles. The van der Waals surface area contributed by atoms with Crippen LogP contribution < -0.4 is 5.73 Å². The Bertz CT molecular complexity index is 529. The Morgan fingerprint density at radius 2 is 1.78 bits per heavy atom. The summed E-state index contributed by atoms with van der Waals surface area (Å²) in [5.41, 5.74) is 10.00. The number of aryl methyl sites for hydroxylation is 2. The SMILES string of the molecule is Cc1ccc(C)c(C(N)c2cc(F)ccc2Cl)c1. The summed E-state index contributed by atoms with van der Waals surface area (Å²) in [7, 11) is 0. The van der Waals surface area contributed by atoms with Gasteiger partial charge in [-0.05, 0) is 48.7 Å². The average molecular weight is 264 g/mol. The van der Waals surface area contributed by atoms with Gasteiger partial charge in [0, 0.05) is 5.02 Å². The molecule has 1 unspecified atom stereocenters. The van der Waals surface area contributed by atoms with E-state index in [4.69, 9.17) is 17.3 Å². The minimum absolute atomic E-state index is 0.324. The Morgan fingerprint density at radius 1 is 1.06 bits per heavy atom. The lowest BCUT2D eigenvalue weighted by Gasteiger charge is -2.17. The van der Waals surface area contributed by atoms with Gasteiger partial charge in [-0.25, -0.2) is 4.39 Å². The van der Waals surface area contributed by atoms with Crippen LogP contribution in [0.15, 0.2) is 36.4 Å². The van der Waals surface area contributed by atoms with Crippen LogP contribution in [-0.4, -0.2) is 0 Å². The van der Waals surface area contributed by atoms with Gasteiger partial charge in [0.2, 0.25) is 0 Å². The molecule has 0 saturated carbocycles. The highest BCUT2D eigenvalue weighted by Gasteiger charge is 2.15. The summed E-state index contributed by atoms with van der Waals surface area (Å²) in [6.45, 7) is 3.99. The fraction of sp³-hybridized carbons (Fsp3) is 0.200. The Labute approximate surface area is 111 Å². The van der Waals surface area contributed by atoms with Gasteiger partial charge in [0.25, 0.3) is 0 Å². The molecular weight excluding hydrogens is 249 g/mol. The summed E-state index contributed by atoms with van der Waals surface area (Å²) < 4.78 is 13.3. The molecule has 0 amide bonds. The zero-order valence-electron chi connectivity index (χ0n) is 10.4. The standard InChI is InChI=1S/C15H15ClFN/c1-9-3-4-10(2)12(7-9)15(18)13-8-11(17)5-6-14(13)16/h3-8,15H,18H2,1-2H3. The molecule has 94 valence electrons. The van der Waals surface area contributed by atoms with Crippen LogP contribution in [0.5, 0.6) is 0 Å². The number of rotatable bonds is 2. The van der Waals surface area contributed by atoms with E-state index in [0.717, 1.165) is 16.7 Å². The number of nitrogens with two attached hydrogens (primary N) is 1. The van der Waals surface area contributed by atoms with E-state index < -0.39 is 6.04 Å². The van der Waals surface area contributed by atoms with E-state index in [9.17, 15) is 4.39 Å². The van der Waals surface area contributed by atoms with Gasteiger partial charge in [0.05, 0.1) is 6.04 Å². The highest BCUT2D eigenvalue weighted by atomic mass is 35.5. The molecule has 1 nitrogen and oxygen atoms in total. The first-order valence-electron chi connectivity index (χ1n) is 5.76. The lowest BCUT2D eigenvalue weighted by atomic mass is 9.94. The zero-order chi connectivity index (χ0) is 13.3. The van der Waals surface area contributed by atoms with Gasteiger partial charge in [-0.15, -0.1) is 0 Å². The number of hydrogen-bond donors (Lipinski definition) is 1. The molecule has 18 heavy (non-hydrogen) atoms. The maximum Gasteiger partial charge on any atom is 0.123 e. The number of hydrogen-bond acceptors (Lipinski definition) is 1. The van der Waals surface area contributed by atoms with E-state index in [0.29, 0.717) is 10.6 Å². The van der Waals surface area contributed by atoms with E-state index >= 15 is 0 Å². The van der Waals surface area contributed by atoms with Crippen molar-refractivity contribution in [3.8, 4) is 0 Å². The minimum atomic E-state index is -0.409. The normalized spacial score (nSPS) is 12.5. The molecule has 0 spiro atoms. The first-order valence-corrected chi connectivity index (χ1v) is 6.14. The number of halogens is 2. The highest BCUT2D eigenvalue weighted by Crippen LogP contribution is 2.29. The van der Waals surface area contributed by atoms with Gasteiger partial charge in [-0.1, -0.05) is 35.4 Å². The van der Waals surface area contributed by atoms with Crippen molar-refractivity contribution >= 4 is 11.6 Å². The average Bonchev–Trinajstić information content (AvgIpc) is 2.34. The van der Waals surface area contributed by atoms with Crippen LogP contribution in [0.3, 0.4) is 0 Å². The molecule has 1 atom stereocenters. The van der Waals surface area contributed by atoms with E-state index in [1.807, 2.05) is 32.0 Å². The molecule has 0 aliphatic carbocycles. The maximum absolute atomic E-state index is 13.3. The van der Waals surface area contributed by atoms with E-state index in [2.05, 4.69) is 0 Å². The van der Waals surface area contributed by atoms with Crippen molar-refractivity contribution in [2.24, 2.45) is 5.73 Å². The van der Waals surface area contributed by atoms with Crippen molar-refractivity contribution < 1.29 is 4.39 Å². The Morgan fingerprint density at radius 3 is 2.50 bits per heavy atom. The molecule has 0 fully saturated rings. The van der Waals surface area contributed by atoms with Crippen molar-refractivity contribution in [2.45, 2.75) is 19.9 Å². The molecule has 0 radical (unpaired) electrons. The Kier molecular flexibility index (Phi) is 3.69. The molecule has 2 aromatic rings. The molecule has 0 aliphatic rings. The third-order valence-electron chi connectivity index (χ3n) is 3.06. The van der Waals surface area contributed by atoms with Crippen LogP contribution in [0.2, 0.25) is 5.02 Å². The molecule has 0 aliphatic heterocycles. The van der Waals surface area contributed by atoms with E-state index in [-0.39, 0.29) is 5.82 Å². The minimum Gasteiger partial charge on any atom is -0.320 e. The van der Waals surface area contributed by atoms with Gasteiger partial charge < -0.3 is 5.73 Å². The van der Waals surface area contributed by atoms with Crippen molar-refractivity contribution in [3.63, 3.8) is 0 Å². The van der Waals surface area contributed by atoms with Crippen LogP contribution >= 0.6 is 11.6 Å². The molecule has 2 aromatic carbocycles. The summed E-state index contributed by atoms with van der Waals surface area (Å²) in [5, 5.41) is 0.491. The molecule has 3 heteroatoms. The molecule has 0 heterocycles. The maximum atomic E-state index is 13.3. The second kappa shape index (κ2) is 5.09. The highest BCUT2D eigenvalue weighted by molar-refractivity contribution is 6.31. The summed E-state index contributed by atoms with van der Waals surface area (Å²) in [6, 6.07) is 9.92. The smallest absolute Gasteiger partial charge is 0.123 e. The van der Waals surface area contributed by atoms with Crippen molar-refractivity contribution in [1.29, 1.82) is 0 Å². The summed E-state index contributed by atoms with van der Waals surface area (Å²) in [5.74, 6) is -0.324. The predicted molar refractivity (Wildman–Crippen MR) is 73.4 cm³/mol. The summed E-state index contributed by atoms with van der Waals surface area (Å²) >= 11 is 6.09. The van der Waals surface area contributed by atoms with Gasteiger partial charge in [-0.2, -0.15) is 0 Å². The van der Waals surface area contributed by atoms with Crippen molar-refractivity contribution in [3.05, 3.63) is 69.5 Å². The zero-order valence-corrected chi connectivity index (χ0v) is 11.1. The summed E-state index contributed by atoms with van der Waals surface area (Å²) in [4.78, 5) is 0. The fourth-order valence-corrected chi connectivity index (χ4v) is 2.25. The van der Waals surface area contributed by atoms with Crippen LogP contribution in [0, 0.1) is 19.7 Å². The third-order valence-corrected chi connectivity index (χ3v) is 3.41. The topological polar surface area (TPSA) is 26.0 Å². The van der Waals surface area contributed by atoms with Crippen molar-refractivity contribution in [2.75, 3.05) is 0 Å². The summed E-state index contributed by atoms with van der Waals surface area (Å²) in [6.07, 6.45) is 0. The molecule has 2 N–H and O–H groups in total. The van der Waals surface area contributed by atoms with Gasteiger partial charge in [0.1, 0.15) is 5.82 Å². The van der Waals surface area contributed by atoms with Crippen LogP contribution in [-0.2, 0) is 0 Å². The van der Waals surface area contributed by atoms with Gasteiger partial charge >= 0.3 is 0 Å². The lowest BCUT2D eigenvalue weighted by molar-refractivity contribution is 0.623. The third kappa shape index (κ3) is 2.55. The van der Waals surface area contributed by atoms with Crippen LogP contribution in [0.25, 0.3) is 0 Å². The van der Waals surface area contributed by atoms with E-state index in [1.165, 1.54) is 18.2 Å². The molecular formula is C15H15ClFN. The second-order valence-corrected chi connectivity index (χ2v) is 4.91. The van der Waals surface area contributed by atoms with Gasteiger partial charge in [-0.3, -0.25) is 0 Å². The molecule has 0 aromatic heterocycles. The molecule has 0 bridgehead atoms. The van der Waals surface area contributed by atoms with Gasteiger partial charge in [0.15, 0.2) is 0 Å². The van der Waals surface area contributed by atoms with Crippen LogP contribution in [0.1, 0.15) is 28.3 Å². The molecule has 2 rings (SSSR count). The Balaban J connectivity index is 2.50. The first-order chi connectivity index (χ1) is 8.49. The van der Waals surface area contributed by atoms with Crippen molar-refractivity contribution in [1.82, 2.24) is 0 Å². The Hall–Kier alpha value is -1.38. The quantitative estimate of drug-likeness (QED) is 0.866. The van der Waals surface area contributed by atoms with Crippen LogP contribution in [0.4, 0.5) is 4.39 Å². The second-order valence-electron chi connectivity index (χ2n) is 4.50. The monoisotopic (exact) mass is 263 g/mol. The fourth-order valence-electron chi connectivity index (χ4n) is 2.02. The number of benzene rings is 2. The lowest BCUT2D eigenvalue weighted by Crippen LogP contribution is -2.14.